The molecular formula is C18H21FO. The van der Waals surface area contributed by atoms with Crippen molar-refractivity contribution in [1.82, 2.24) is 0 Å². The quantitative estimate of drug-likeness (QED) is 0.667. The Kier molecular flexibility index (Phi) is 5.60. The average Bonchev–Trinajstić information content (AvgIpc) is 2.63. The molecule has 0 fully saturated rings. The van der Waals surface area contributed by atoms with Crippen molar-refractivity contribution in [3.05, 3.63) is 71.6 Å². The Bertz CT molecular complexity index is 504. The summed E-state index contributed by atoms with van der Waals surface area (Å²) >= 11 is 0. The van der Waals surface area contributed by atoms with Gasteiger partial charge in [-0.15, -0.1) is 0 Å². The van der Waals surface area contributed by atoms with Crippen LogP contribution in [0.4, 0.5) is 4.39 Å². The van der Waals surface area contributed by atoms with E-state index >= 15 is 0 Å². The summed E-state index contributed by atoms with van der Waals surface area (Å²) < 4.78 is 18.5. The van der Waals surface area contributed by atoms with Crippen molar-refractivity contribution in [2.45, 2.75) is 19.8 Å². The van der Waals surface area contributed by atoms with Crippen LogP contribution in [0.25, 0.3) is 0 Å². The molecule has 2 heteroatoms. The third-order valence-corrected chi connectivity index (χ3v) is 3.30. The molecule has 0 saturated carbocycles. The summed E-state index contributed by atoms with van der Waals surface area (Å²) in [6.07, 6.45) is 19.9. The first kappa shape index (κ1) is 14.6. The summed E-state index contributed by atoms with van der Waals surface area (Å²) in [5, 5.41) is 0. The van der Waals surface area contributed by atoms with E-state index in [4.69, 9.17) is 4.74 Å². The Hall–Kier alpha value is -1.83. The van der Waals surface area contributed by atoms with Gasteiger partial charge >= 0.3 is 0 Å². The fourth-order valence-electron chi connectivity index (χ4n) is 2.08. The molecule has 2 aliphatic carbocycles. The van der Waals surface area contributed by atoms with Gasteiger partial charge in [-0.3, -0.25) is 0 Å². The molecule has 2 rings (SSSR count). The van der Waals surface area contributed by atoms with Crippen LogP contribution in [0.5, 0.6) is 0 Å². The van der Waals surface area contributed by atoms with Crippen LogP contribution in [0.2, 0.25) is 0 Å². The zero-order chi connectivity index (χ0) is 14.2. The molecule has 1 unspecified atom stereocenters. The first-order valence-electron chi connectivity index (χ1n) is 7.04. The minimum atomic E-state index is -0.405. The Morgan fingerprint density at radius 1 is 1.20 bits per heavy atom. The first-order chi connectivity index (χ1) is 9.78. The van der Waals surface area contributed by atoms with Crippen LogP contribution in [-0.2, 0) is 4.74 Å². The van der Waals surface area contributed by atoms with Gasteiger partial charge in [-0.05, 0) is 25.0 Å². The molecule has 0 aromatic heterocycles. The second-order valence-corrected chi connectivity index (χ2v) is 5.06. The number of hydrogen-bond acceptors (Lipinski definition) is 1. The minimum absolute atomic E-state index is 0.198. The fourth-order valence-corrected chi connectivity index (χ4v) is 2.08. The van der Waals surface area contributed by atoms with Crippen LogP contribution in [-0.4, -0.2) is 13.3 Å². The van der Waals surface area contributed by atoms with Crippen molar-refractivity contribution in [2.24, 2.45) is 5.92 Å². The maximum atomic E-state index is 12.7. The molecule has 2 aliphatic rings. The molecule has 0 saturated heterocycles. The van der Waals surface area contributed by atoms with Gasteiger partial charge in [-0.1, -0.05) is 54.2 Å². The van der Waals surface area contributed by atoms with Crippen LogP contribution < -0.4 is 0 Å². The first-order valence-corrected chi connectivity index (χ1v) is 7.04. The summed E-state index contributed by atoms with van der Waals surface area (Å²) in [4.78, 5) is 0. The van der Waals surface area contributed by atoms with Gasteiger partial charge in [0.15, 0.2) is 0 Å². The molecule has 0 aliphatic heterocycles. The largest absolute Gasteiger partial charge is 0.497 e. The topological polar surface area (TPSA) is 9.23 Å². The van der Waals surface area contributed by atoms with Gasteiger partial charge in [0.2, 0.25) is 0 Å². The SMILES string of the molecule is CC1=CC=C(OCC2/C=C\C/C=C(CF)\C=C/2)CC=C1. The maximum absolute atomic E-state index is 12.7. The number of rotatable bonds is 4. The Balaban J connectivity index is 1.92. The zero-order valence-electron chi connectivity index (χ0n) is 11.9. The molecular weight excluding hydrogens is 251 g/mol. The molecule has 20 heavy (non-hydrogen) atoms. The molecule has 0 amide bonds. The second-order valence-electron chi connectivity index (χ2n) is 5.06. The van der Waals surface area contributed by atoms with Gasteiger partial charge in [0.1, 0.15) is 6.67 Å². The normalized spacial score (nSPS) is 28.1. The van der Waals surface area contributed by atoms with E-state index in [0.29, 0.717) is 6.61 Å². The number of halogens is 1. The van der Waals surface area contributed by atoms with E-state index in [0.717, 1.165) is 24.2 Å². The fraction of sp³-hybridized carbons (Fsp3) is 0.333. The standard InChI is InChI=1S/C18H21FO/c1-15-5-4-8-18(12-9-15)20-14-17-7-3-2-6-16(13-19)10-11-17/h3-7,9-12,17H,2,8,13-14H2,1H3/b7-3-,11-10-,16-6+. The number of allylic oxidation sites excluding steroid dienone is 9. The third kappa shape index (κ3) is 4.69. The number of ether oxygens (including phenoxy) is 1. The van der Waals surface area contributed by atoms with Crippen molar-refractivity contribution in [2.75, 3.05) is 13.3 Å². The molecule has 0 aromatic rings. The Morgan fingerprint density at radius 3 is 2.95 bits per heavy atom. The van der Waals surface area contributed by atoms with Crippen molar-refractivity contribution < 1.29 is 9.13 Å². The second kappa shape index (κ2) is 7.68. The van der Waals surface area contributed by atoms with Gasteiger partial charge < -0.3 is 4.74 Å². The van der Waals surface area contributed by atoms with Crippen LogP contribution in [0, 0.1) is 5.92 Å². The lowest BCUT2D eigenvalue weighted by Gasteiger charge is -2.13. The lowest BCUT2D eigenvalue weighted by Crippen LogP contribution is -2.05. The van der Waals surface area contributed by atoms with Crippen molar-refractivity contribution in [3.8, 4) is 0 Å². The molecule has 1 atom stereocenters. The molecule has 0 radical (unpaired) electrons. The van der Waals surface area contributed by atoms with Gasteiger partial charge in [0.05, 0.1) is 12.4 Å². The molecule has 0 bridgehead atoms. The van der Waals surface area contributed by atoms with E-state index in [1.54, 1.807) is 0 Å². The molecule has 106 valence electrons. The van der Waals surface area contributed by atoms with E-state index in [1.807, 2.05) is 24.3 Å². The Morgan fingerprint density at radius 2 is 2.10 bits per heavy atom. The smallest absolute Gasteiger partial charge is 0.114 e. The average molecular weight is 272 g/mol. The summed E-state index contributed by atoms with van der Waals surface area (Å²) in [5.74, 6) is 1.17. The highest BCUT2D eigenvalue weighted by molar-refractivity contribution is 5.28. The molecule has 0 N–H and O–H groups in total. The molecule has 0 heterocycles. The van der Waals surface area contributed by atoms with Crippen molar-refractivity contribution >= 4 is 0 Å². The molecule has 0 spiro atoms. The summed E-state index contributed by atoms with van der Waals surface area (Å²) in [6, 6.07) is 0. The lowest BCUT2D eigenvalue weighted by atomic mass is 10.0. The van der Waals surface area contributed by atoms with Crippen LogP contribution in [0.1, 0.15) is 19.8 Å². The van der Waals surface area contributed by atoms with E-state index in [2.05, 4.69) is 37.3 Å². The van der Waals surface area contributed by atoms with Gasteiger partial charge in [0, 0.05) is 12.3 Å². The van der Waals surface area contributed by atoms with E-state index in [9.17, 15) is 4.39 Å². The zero-order valence-corrected chi connectivity index (χ0v) is 11.9. The minimum Gasteiger partial charge on any atom is -0.497 e. The van der Waals surface area contributed by atoms with Gasteiger partial charge in [-0.2, -0.15) is 0 Å². The van der Waals surface area contributed by atoms with Crippen molar-refractivity contribution in [1.29, 1.82) is 0 Å². The number of hydrogen-bond donors (Lipinski definition) is 0. The monoisotopic (exact) mass is 272 g/mol. The predicted octanol–water partition coefficient (Wildman–Crippen LogP) is 4.82. The van der Waals surface area contributed by atoms with Crippen molar-refractivity contribution in [3.63, 3.8) is 0 Å². The number of alkyl halides is 1. The van der Waals surface area contributed by atoms with E-state index in [1.165, 1.54) is 5.57 Å². The van der Waals surface area contributed by atoms with Crippen LogP contribution >= 0.6 is 0 Å². The molecule has 0 aromatic carbocycles. The summed E-state index contributed by atoms with van der Waals surface area (Å²) in [6.45, 7) is 2.26. The van der Waals surface area contributed by atoms with Gasteiger partial charge in [-0.25, -0.2) is 4.39 Å². The molecule has 1 nitrogen and oxygen atoms in total. The van der Waals surface area contributed by atoms with E-state index < -0.39 is 6.67 Å². The highest BCUT2D eigenvalue weighted by Gasteiger charge is 2.06. The van der Waals surface area contributed by atoms with E-state index in [-0.39, 0.29) is 5.92 Å². The van der Waals surface area contributed by atoms with Crippen LogP contribution in [0.15, 0.2) is 71.6 Å². The van der Waals surface area contributed by atoms with Crippen LogP contribution in [0.3, 0.4) is 0 Å². The lowest BCUT2D eigenvalue weighted by molar-refractivity contribution is 0.193. The summed E-state index contributed by atoms with van der Waals surface area (Å²) in [7, 11) is 0. The maximum Gasteiger partial charge on any atom is 0.114 e. The van der Waals surface area contributed by atoms with Gasteiger partial charge in [0.25, 0.3) is 0 Å². The predicted molar refractivity (Wildman–Crippen MR) is 82.0 cm³/mol. The highest BCUT2D eigenvalue weighted by atomic mass is 19.1. The third-order valence-electron chi connectivity index (χ3n) is 3.30. The highest BCUT2D eigenvalue weighted by Crippen LogP contribution is 2.16. The Labute approximate surface area is 120 Å². The summed E-state index contributed by atoms with van der Waals surface area (Å²) in [5.41, 5.74) is 1.97.